The van der Waals surface area contributed by atoms with Crippen molar-refractivity contribution >= 4 is 0 Å². The van der Waals surface area contributed by atoms with Gasteiger partial charge in [-0.3, -0.25) is 9.80 Å². The second kappa shape index (κ2) is 13.1. The number of likely N-dealkylation sites (N-methyl/N-ethyl adjacent to an activating group) is 2. The van der Waals surface area contributed by atoms with Crippen molar-refractivity contribution in [1.82, 2.24) is 9.80 Å². The molecule has 252 valence electrons. The fourth-order valence-electron chi connectivity index (χ4n) is 7.62. The Bertz CT molecular complexity index is 1840. The molecule has 0 radical (unpaired) electrons. The van der Waals surface area contributed by atoms with Gasteiger partial charge in [0.2, 0.25) is 11.5 Å². The van der Waals surface area contributed by atoms with Crippen molar-refractivity contribution in [2.45, 2.75) is 37.8 Å². The molecule has 4 aromatic carbocycles. The van der Waals surface area contributed by atoms with Gasteiger partial charge in [0.15, 0.2) is 34.5 Å². The van der Waals surface area contributed by atoms with Crippen LogP contribution in [-0.2, 0) is 25.7 Å². The maximum Gasteiger partial charge on any atom is 0.208 e. The lowest BCUT2D eigenvalue weighted by atomic mass is 9.86. The van der Waals surface area contributed by atoms with E-state index in [1.165, 1.54) is 11.1 Å². The molecule has 0 amide bonds. The zero-order valence-electron chi connectivity index (χ0n) is 28.8. The summed E-state index contributed by atoms with van der Waals surface area (Å²) in [5.74, 6) is 5.71. The largest absolute Gasteiger partial charge is 0.493 e. The van der Waals surface area contributed by atoms with Crippen LogP contribution in [0.5, 0.6) is 51.7 Å². The SMILES string of the molecule is COc1cc2ccc1Oc1cccc(c1)C[C@H]1c3c(c(OC)c(OC)c(OC)c3Oc3cc4c(cc3OC)CCN(C)[C@H]4C2)CCN1C. The van der Waals surface area contributed by atoms with E-state index in [1.807, 2.05) is 18.2 Å². The summed E-state index contributed by atoms with van der Waals surface area (Å²) in [6.45, 7) is 1.76. The van der Waals surface area contributed by atoms with Crippen LogP contribution in [0.1, 0.15) is 45.5 Å². The lowest BCUT2D eigenvalue weighted by Crippen LogP contribution is -2.34. The van der Waals surface area contributed by atoms with E-state index in [-0.39, 0.29) is 12.1 Å². The van der Waals surface area contributed by atoms with Crippen molar-refractivity contribution in [3.05, 3.63) is 88.0 Å². The molecule has 0 aliphatic carbocycles. The lowest BCUT2D eigenvalue weighted by Gasteiger charge is -2.38. The van der Waals surface area contributed by atoms with Crippen LogP contribution in [0.25, 0.3) is 0 Å². The fourth-order valence-corrected chi connectivity index (χ4v) is 7.62. The van der Waals surface area contributed by atoms with Crippen molar-refractivity contribution in [3.8, 4) is 51.7 Å². The molecule has 0 N–H and O–H groups in total. The Kier molecular flexibility index (Phi) is 8.74. The highest BCUT2D eigenvalue weighted by molar-refractivity contribution is 5.70. The van der Waals surface area contributed by atoms with E-state index in [9.17, 15) is 0 Å². The molecule has 0 fully saturated rings. The second-order valence-electron chi connectivity index (χ2n) is 12.8. The molecule has 4 aromatic rings. The second-order valence-corrected chi connectivity index (χ2v) is 12.8. The highest BCUT2D eigenvalue weighted by Gasteiger charge is 2.37. The van der Waals surface area contributed by atoms with Gasteiger partial charge in [-0.05, 0) is 98.4 Å². The molecule has 0 unspecified atom stereocenters. The molecule has 0 saturated carbocycles. The summed E-state index contributed by atoms with van der Waals surface area (Å²) >= 11 is 0. The first-order valence-corrected chi connectivity index (χ1v) is 16.4. The minimum Gasteiger partial charge on any atom is -0.493 e. The lowest BCUT2D eigenvalue weighted by molar-refractivity contribution is 0.216. The van der Waals surface area contributed by atoms with Crippen molar-refractivity contribution in [3.63, 3.8) is 0 Å². The molecule has 9 heteroatoms. The number of rotatable bonds is 5. The average molecular weight is 653 g/mol. The van der Waals surface area contributed by atoms with Gasteiger partial charge in [-0.15, -0.1) is 0 Å². The standard InChI is InChI=1S/C39H44N2O7/c1-40-15-13-25-21-33(43-4)34-22-28(25)29(40)18-24-11-12-31(32(20-24)42-3)47-26-10-8-9-23(17-26)19-30-35-27(14-16-41(30)2)36(44-5)38(45-6)39(46-7)37(35)48-34/h8-12,17,20-22,29-30H,13-16,18-19H2,1-7H3/t29-,30-/m0/s1. The van der Waals surface area contributed by atoms with Crippen molar-refractivity contribution in [2.24, 2.45) is 0 Å². The summed E-state index contributed by atoms with van der Waals surface area (Å²) in [7, 11) is 12.7. The first-order chi connectivity index (χ1) is 23.4. The van der Waals surface area contributed by atoms with Gasteiger partial charge in [0.05, 0.1) is 35.5 Å². The number of hydrogen-bond donors (Lipinski definition) is 0. The number of benzene rings is 4. The van der Waals surface area contributed by atoms with E-state index in [0.29, 0.717) is 52.4 Å². The maximum absolute atomic E-state index is 7.07. The smallest absolute Gasteiger partial charge is 0.208 e. The van der Waals surface area contributed by atoms with Gasteiger partial charge >= 0.3 is 0 Å². The molecule has 6 bridgehead atoms. The Morgan fingerprint density at radius 1 is 0.625 bits per heavy atom. The summed E-state index contributed by atoms with van der Waals surface area (Å²) in [4.78, 5) is 4.77. The van der Waals surface area contributed by atoms with E-state index in [1.54, 1.807) is 35.5 Å². The molecule has 0 spiro atoms. The predicted octanol–water partition coefficient (Wildman–Crippen LogP) is 7.17. The number of methoxy groups -OCH3 is 5. The summed E-state index contributed by atoms with van der Waals surface area (Å²) in [6, 6.07) is 18.8. The maximum atomic E-state index is 7.07. The van der Waals surface area contributed by atoms with Crippen molar-refractivity contribution < 1.29 is 33.2 Å². The van der Waals surface area contributed by atoms with Gasteiger partial charge in [0, 0.05) is 36.3 Å². The van der Waals surface area contributed by atoms with Crippen LogP contribution >= 0.6 is 0 Å². The first-order valence-electron chi connectivity index (χ1n) is 16.4. The predicted molar refractivity (Wildman–Crippen MR) is 184 cm³/mol. The zero-order valence-corrected chi connectivity index (χ0v) is 28.8. The van der Waals surface area contributed by atoms with E-state index < -0.39 is 0 Å². The summed E-state index contributed by atoms with van der Waals surface area (Å²) in [5, 5.41) is 0. The molecule has 8 rings (SSSR count). The molecule has 48 heavy (non-hydrogen) atoms. The van der Waals surface area contributed by atoms with Crippen LogP contribution < -0.4 is 33.2 Å². The molecule has 0 aromatic heterocycles. The van der Waals surface area contributed by atoms with Crippen molar-refractivity contribution in [1.29, 1.82) is 0 Å². The van der Waals surface area contributed by atoms with Gasteiger partial charge < -0.3 is 33.2 Å². The third-order valence-corrected chi connectivity index (χ3v) is 10.1. The third kappa shape index (κ3) is 5.54. The Morgan fingerprint density at radius 3 is 2.06 bits per heavy atom. The van der Waals surface area contributed by atoms with Gasteiger partial charge in [0.25, 0.3) is 0 Å². The van der Waals surface area contributed by atoms with E-state index in [4.69, 9.17) is 33.2 Å². The van der Waals surface area contributed by atoms with Crippen LogP contribution in [0, 0.1) is 0 Å². The number of fused-ring (bicyclic) bond motifs is 2. The van der Waals surface area contributed by atoms with Gasteiger partial charge in [-0.1, -0.05) is 18.2 Å². The van der Waals surface area contributed by atoms with Crippen LogP contribution in [0.3, 0.4) is 0 Å². The van der Waals surface area contributed by atoms with Gasteiger partial charge in [-0.2, -0.15) is 0 Å². The Hall–Kier alpha value is -4.60. The first kappa shape index (κ1) is 32.0. The van der Waals surface area contributed by atoms with Gasteiger partial charge in [-0.25, -0.2) is 0 Å². The normalized spacial score (nSPS) is 18.8. The van der Waals surface area contributed by atoms with Crippen molar-refractivity contribution in [2.75, 3.05) is 62.7 Å². The monoisotopic (exact) mass is 652 g/mol. The third-order valence-electron chi connectivity index (χ3n) is 10.1. The molecule has 4 aliphatic rings. The molecular weight excluding hydrogens is 608 g/mol. The Morgan fingerprint density at radius 2 is 1.31 bits per heavy atom. The molecule has 0 saturated heterocycles. The molecule has 4 aliphatic heterocycles. The molecule has 9 nitrogen and oxygen atoms in total. The van der Waals surface area contributed by atoms with Gasteiger partial charge in [0.1, 0.15) is 5.75 Å². The fraction of sp³-hybridized carbons (Fsp3) is 0.385. The molecular formula is C39H44N2O7. The topological polar surface area (TPSA) is 71.1 Å². The summed E-state index contributed by atoms with van der Waals surface area (Å²) in [5.41, 5.74) is 6.78. The van der Waals surface area contributed by atoms with Crippen LogP contribution in [-0.4, -0.2) is 72.5 Å². The van der Waals surface area contributed by atoms with E-state index >= 15 is 0 Å². The average Bonchev–Trinajstić information content (AvgIpc) is 3.10. The zero-order chi connectivity index (χ0) is 33.5. The quantitative estimate of drug-likeness (QED) is 0.223. The summed E-state index contributed by atoms with van der Waals surface area (Å²) < 4.78 is 43.5. The van der Waals surface area contributed by atoms with Crippen LogP contribution in [0.2, 0.25) is 0 Å². The Labute approximate surface area is 282 Å². The summed E-state index contributed by atoms with van der Waals surface area (Å²) in [6.07, 6.45) is 3.15. The minimum absolute atomic E-state index is 0.0667. The van der Waals surface area contributed by atoms with E-state index in [2.05, 4.69) is 60.3 Å². The highest BCUT2D eigenvalue weighted by atomic mass is 16.6. The molecule has 4 heterocycles. The highest BCUT2D eigenvalue weighted by Crippen LogP contribution is 2.56. The minimum atomic E-state index is -0.0667. The molecule has 2 atom stereocenters. The number of hydrogen-bond acceptors (Lipinski definition) is 9. The number of nitrogens with zero attached hydrogens (tertiary/aromatic N) is 2. The van der Waals surface area contributed by atoms with E-state index in [0.717, 1.165) is 60.4 Å². The Balaban J connectivity index is 1.50. The van der Waals surface area contributed by atoms with Crippen LogP contribution in [0.4, 0.5) is 0 Å². The van der Waals surface area contributed by atoms with Crippen LogP contribution in [0.15, 0.2) is 54.6 Å². The number of ether oxygens (including phenoxy) is 7.